The molecular formula is C17H14ClFN4O2. The highest BCUT2D eigenvalue weighted by molar-refractivity contribution is 6.31. The Labute approximate surface area is 147 Å². The van der Waals surface area contributed by atoms with Crippen molar-refractivity contribution in [1.29, 1.82) is 0 Å². The molecule has 3 aromatic rings. The molecule has 0 saturated heterocycles. The van der Waals surface area contributed by atoms with Crippen molar-refractivity contribution in [3.8, 4) is 0 Å². The van der Waals surface area contributed by atoms with Gasteiger partial charge in [0.15, 0.2) is 5.69 Å². The van der Waals surface area contributed by atoms with E-state index in [4.69, 9.17) is 11.6 Å². The first kappa shape index (κ1) is 17.1. The van der Waals surface area contributed by atoms with Gasteiger partial charge < -0.3 is 10.4 Å². The van der Waals surface area contributed by atoms with Crippen LogP contribution in [0.1, 0.15) is 22.2 Å². The van der Waals surface area contributed by atoms with Crippen molar-refractivity contribution >= 4 is 23.2 Å². The Bertz CT molecular complexity index is 885. The number of nitrogens with one attached hydrogen (secondary N) is 1. The summed E-state index contributed by atoms with van der Waals surface area (Å²) in [5, 5.41) is 20.3. The molecule has 0 aliphatic heterocycles. The lowest BCUT2D eigenvalue weighted by molar-refractivity contribution is 0.102. The van der Waals surface area contributed by atoms with Crippen LogP contribution >= 0.6 is 11.6 Å². The van der Waals surface area contributed by atoms with Crippen LogP contribution in [0.5, 0.6) is 0 Å². The lowest BCUT2D eigenvalue weighted by Gasteiger charge is -2.09. The summed E-state index contributed by atoms with van der Waals surface area (Å²) >= 11 is 5.68. The number of amides is 1. The zero-order chi connectivity index (χ0) is 17.8. The number of benzene rings is 2. The highest BCUT2D eigenvalue weighted by Gasteiger charge is 2.14. The molecule has 0 radical (unpaired) electrons. The molecular weight excluding hydrogens is 347 g/mol. The Morgan fingerprint density at radius 2 is 2.04 bits per heavy atom. The fourth-order valence-corrected chi connectivity index (χ4v) is 2.40. The molecule has 0 aliphatic carbocycles. The van der Waals surface area contributed by atoms with E-state index >= 15 is 0 Å². The van der Waals surface area contributed by atoms with Gasteiger partial charge in [-0.05, 0) is 23.8 Å². The molecule has 0 aliphatic rings. The molecule has 0 unspecified atom stereocenters. The van der Waals surface area contributed by atoms with Crippen LogP contribution in [0, 0.1) is 5.82 Å². The second kappa shape index (κ2) is 7.42. The summed E-state index contributed by atoms with van der Waals surface area (Å²) in [5.74, 6) is -1.08. The number of hydrogen-bond acceptors (Lipinski definition) is 4. The topological polar surface area (TPSA) is 80.0 Å². The minimum Gasteiger partial charge on any atom is -0.386 e. The van der Waals surface area contributed by atoms with Crippen LogP contribution in [0.25, 0.3) is 0 Å². The molecule has 2 aromatic carbocycles. The summed E-state index contributed by atoms with van der Waals surface area (Å²) in [4.78, 5) is 12.2. The van der Waals surface area contributed by atoms with Gasteiger partial charge in [-0.3, -0.25) is 4.79 Å². The van der Waals surface area contributed by atoms with Crippen LogP contribution in [0.2, 0.25) is 5.02 Å². The Balaban J connectivity index is 1.66. The van der Waals surface area contributed by atoms with Crippen molar-refractivity contribution in [3.05, 3.63) is 76.8 Å². The molecule has 8 heteroatoms. The third kappa shape index (κ3) is 4.20. The van der Waals surface area contributed by atoms with Crippen molar-refractivity contribution in [2.75, 3.05) is 5.32 Å². The molecule has 3 rings (SSSR count). The van der Waals surface area contributed by atoms with Crippen molar-refractivity contribution in [3.63, 3.8) is 0 Å². The fraction of sp³-hybridized carbons (Fsp3) is 0.118. The van der Waals surface area contributed by atoms with E-state index < -0.39 is 17.8 Å². The predicted octanol–water partition coefficient (Wildman–Crippen LogP) is 3.06. The lowest BCUT2D eigenvalue weighted by Crippen LogP contribution is -2.12. The van der Waals surface area contributed by atoms with Crippen molar-refractivity contribution in [1.82, 2.24) is 15.0 Å². The largest absolute Gasteiger partial charge is 0.386 e. The summed E-state index contributed by atoms with van der Waals surface area (Å²) in [6, 6.07) is 13.0. The van der Waals surface area contributed by atoms with Gasteiger partial charge in [0, 0.05) is 5.69 Å². The number of carbonyl (C=O) groups is 1. The van der Waals surface area contributed by atoms with Crippen molar-refractivity contribution in [2.45, 2.75) is 12.6 Å². The summed E-state index contributed by atoms with van der Waals surface area (Å²) in [6.45, 7) is 0.159. The molecule has 0 saturated carbocycles. The first-order chi connectivity index (χ1) is 12.0. The zero-order valence-electron chi connectivity index (χ0n) is 12.9. The van der Waals surface area contributed by atoms with E-state index in [1.54, 1.807) is 12.1 Å². The van der Waals surface area contributed by atoms with E-state index in [-0.39, 0.29) is 17.3 Å². The normalized spacial score (nSPS) is 12.0. The number of halogens is 2. The van der Waals surface area contributed by atoms with Gasteiger partial charge in [-0.1, -0.05) is 47.1 Å². The molecule has 6 nitrogen and oxygen atoms in total. The molecule has 1 amide bonds. The van der Waals surface area contributed by atoms with Crippen LogP contribution in [0.3, 0.4) is 0 Å². The minimum atomic E-state index is -0.769. The highest BCUT2D eigenvalue weighted by atomic mass is 35.5. The number of rotatable bonds is 5. The number of hydrogen-bond donors (Lipinski definition) is 2. The highest BCUT2D eigenvalue weighted by Crippen LogP contribution is 2.20. The molecule has 1 atom stereocenters. The average molecular weight is 361 g/mol. The summed E-state index contributed by atoms with van der Waals surface area (Å²) in [5.41, 5.74) is 1.15. The van der Waals surface area contributed by atoms with Gasteiger partial charge >= 0.3 is 0 Å². The number of aliphatic hydroxyl groups excluding tert-OH is 1. The van der Waals surface area contributed by atoms with Crippen LogP contribution in [-0.2, 0) is 6.54 Å². The average Bonchev–Trinajstić information content (AvgIpc) is 3.07. The fourth-order valence-electron chi connectivity index (χ4n) is 2.22. The second-order valence-electron chi connectivity index (χ2n) is 5.34. The lowest BCUT2D eigenvalue weighted by atomic mass is 10.1. The molecule has 0 bridgehead atoms. The van der Waals surface area contributed by atoms with E-state index in [9.17, 15) is 14.3 Å². The third-order valence-electron chi connectivity index (χ3n) is 3.49. The van der Waals surface area contributed by atoms with Gasteiger partial charge in [-0.2, -0.15) is 0 Å². The van der Waals surface area contributed by atoms with E-state index in [1.165, 1.54) is 23.0 Å². The number of aromatic nitrogens is 3. The molecule has 128 valence electrons. The summed E-state index contributed by atoms with van der Waals surface area (Å²) < 4.78 is 14.5. The SMILES string of the molecule is O=C(Nc1ccc(F)c(Cl)c1)c1cn(C[C@@H](O)c2ccccc2)nn1. The quantitative estimate of drug-likeness (QED) is 0.732. The van der Waals surface area contributed by atoms with Gasteiger partial charge in [0.2, 0.25) is 0 Å². The minimum absolute atomic E-state index is 0.0701. The van der Waals surface area contributed by atoms with Gasteiger partial charge in [0.1, 0.15) is 5.82 Å². The van der Waals surface area contributed by atoms with Crippen LogP contribution in [0.15, 0.2) is 54.7 Å². The van der Waals surface area contributed by atoms with Gasteiger partial charge in [0.25, 0.3) is 5.91 Å². The first-order valence-electron chi connectivity index (χ1n) is 7.42. The van der Waals surface area contributed by atoms with Crippen LogP contribution in [0.4, 0.5) is 10.1 Å². The van der Waals surface area contributed by atoms with Gasteiger partial charge in [-0.15, -0.1) is 5.10 Å². The van der Waals surface area contributed by atoms with Crippen LogP contribution < -0.4 is 5.32 Å². The maximum Gasteiger partial charge on any atom is 0.277 e. The van der Waals surface area contributed by atoms with E-state index in [2.05, 4.69) is 15.6 Å². The summed E-state index contributed by atoms with van der Waals surface area (Å²) in [6.07, 6.45) is 0.654. The van der Waals surface area contributed by atoms with Crippen molar-refractivity contribution < 1.29 is 14.3 Å². The molecule has 2 N–H and O–H groups in total. The van der Waals surface area contributed by atoms with Gasteiger partial charge in [0.05, 0.1) is 23.9 Å². The summed E-state index contributed by atoms with van der Waals surface area (Å²) in [7, 11) is 0. The number of anilines is 1. The van der Waals surface area contributed by atoms with E-state index in [0.717, 1.165) is 11.6 Å². The second-order valence-corrected chi connectivity index (χ2v) is 5.74. The number of nitrogens with zero attached hydrogens (tertiary/aromatic N) is 3. The molecule has 25 heavy (non-hydrogen) atoms. The Morgan fingerprint density at radius 1 is 1.28 bits per heavy atom. The maximum absolute atomic E-state index is 13.1. The van der Waals surface area contributed by atoms with E-state index in [1.807, 2.05) is 18.2 Å². The Kier molecular flexibility index (Phi) is 5.06. The third-order valence-corrected chi connectivity index (χ3v) is 3.78. The predicted molar refractivity (Wildman–Crippen MR) is 90.8 cm³/mol. The first-order valence-corrected chi connectivity index (χ1v) is 7.80. The zero-order valence-corrected chi connectivity index (χ0v) is 13.7. The Hall–Kier alpha value is -2.77. The smallest absolute Gasteiger partial charge is 0.277 e. The number of carbonyl (C=O) groups excluding carboxylic acids is 1. The monoisotopic (exact) mass is 360 g/mol. The standard InChI is InChI=1S/C17H14ClFN4O2/c18-13-8-12(6-7-14(13)19)20-17(25)15-9-23(22-21-15)10-16(24)11-4-2-1-3-5-11/h1-9,16,24H,10H2,(H,20,25)/t16-/m1/s1. The molecule has 1 heterocycles. The van der Waals surface area contributed by atoms with Crippen LogP contribution in [-0.4, -0.2) is 26.0 Å². The molecule has 0 fully saturated rings. The Morgan fingerprint density at radius 3 is 2.76 bits per heavy atom. The van der Waals surface area contributed by atoms with E-state index in [0.29, 0.717) is 5.69 Å². The molecule has 0 spiro atoms. The molecule has 1 aromatic heterocycles. The van der Waals surface area contributed by atoms with Gasteiger partial charge in [-0.25, -0.2) is 9.07 Å². The van der Waals surface area contributed by atoms with Crippen molar-refractivity contribution in [2.24, 2.45) is 0 Å². The maximum atomic E-state index is 13.1. The number of aliphatic hydroxyl groups is 1.